The average Bonchev–Trinajstić information content (AvgIpc) is 2.46. The summed E-state index contributed by atoms with van der Waals surface area (Å²) >= 11 is 0. The summed E-state index contributed by atoms with van der Waals surface area (Å²) in [7, 11) is 0. The van der Waals surface area contributed by atoms with Crippen LogP contribution in [0, 0.1) is 24.4 Å². The van der Waals surface area contributed by atoms with Crippen molar-refractivity contribution < 1.29 is 18.0 Å². The molecule has 2 N–H and O–H groups in total. The molecular weight excluding hydrogens is 281 g/mol. The van der Waals surface area contributed by atoms with Crippen molar-refractivity contribution in [1.29, 1.82) is 0 Å². The molecule has 0 aromatic heterocycles. The Morgan fingerprint density at radius 3 is 2.33 bits per heavy atom. The van der Waals surface area contributed by atoms with Crippen molar-refractivity contribution in [3.63, 3.8) is 0 Å². The highest BCUT2D eigenvalue weighted by molar-refractivity contribution is 5.93. The third kappa shape index (κ3) is 3.75. The molecule has 2 aromatic rings. The van der Waals surface area contributed by atoms with Gasteiger partial charge in [-0.15, -0.1) is 0 Å². The van der Waals surface area contributed by atoms with Crippen molar-refractivity contribution >= 4 is 17.3 Å². The van der Waals surface area contributed by atoms with E-state index in [1.165, 1.54) is 0 Å². The van der Waals surface area contributed by atoms with Crippen LogP contribution in [-0.2, 0) is 4.79 Å². The first-order valence-electron chi connectivity index (χ1n) is 6.21. The molecule has 110 valence electrons. The summed E-state index contributed by atoms with van der Waals surface area (Å²) in [6, 6.07) is 8.94. The number of hydrogen-bond acceptors (Lipinski definition) is 2. The second-order valence-electron chi connectivity index (χ2n) is 4.49. The minimum absolute atomic E-state index is 0.268. The minimum atomic E-state index is -1.57. The lowest BCUT2D eigenvalue weighted by atomic mass is 10.2. The third-order valence-corrected chi connectivity index (χ3v) is 2.81. The van der Waals surface area contributed by atoms with Gasteiger partial charge in [-0.2, -0.15) is 0 Å². The highest BCUT2D eigenvalue weighted by atomic mass is 19.2. The van der Waals surface area contributed by atoms with Crippen LogP contribution >= 0.6 is 0 Å². The van der Waals surface area contributed by atoms with E-state index in [-0.39, 0.29) is 12.2 Å². The van der Waals surface area contributed by atoms with E-state index in [2.05, 4.69) is 10.6 Å². The Hall–Kier alpha value is -2.50. The second-order valence-corrected chi connectivity index (χ2v) is 4.49. The van der Waals surface area contributed by atoms with Crippen LogP contribution in [0.3, 0.4) is 0 Å². The Kier molecular flexibility index (Phi) is 4.47. The SMILES string of the molecule is Cc1ccc(NC(=O)CNc2ccc(F)c(F)c2F)cc1. The molecule has 3 nitrogen and oxygen atoms in total. The highest BCUT2D eigenvalue weighted by Crippen LogP contribution is 2.19. The fourth-order valence-corrected chi connectivity index (χ4v) is 1.68. The number of rotatable bonds is 4. The van der Waals surface area contributed by atoms with Crippen molar-refractivity contribution in [2.45, 2.75) is 6.92 Å². The van der Waals surface area contributed by atoms with Gasteiger partial charge in [0.25, 0.3) is 0 Å². The largest absolute Gasteiger partial charge is 0.374 e. The highest BCUT2D eigenvalue weighted by Gasteiger charge is 2.13. The Bertz CT molecular complexity index is 657. The van der Waals surface area contributed by atoms with Crippen LogP contribution in [0.25, 0.3) is 0 Å². The maximum atomic E-state index is 13.4. The van der Waals surface area contributed by atoms with E-state index < -0.39 is 23.4 Å². The predicted molar refractivity (Wildman–Crippen MR) is 74.6 cm³/mol. The lowest BCUT2D eigenvalue weighted by molar-refractivity contribution is -0.114. The lowest BCUT2D eigenvalue weighted by Crippen LogP contribution is -2.22. The Morgan fingerprint density at radius 1 is 1.00 bits per heavy atom. The molecule has 0 radical (unpaired) electrons. The zero-order chi connectivity index (χ0) is 15.4. The van der Waals surface area contributed by atoms with E-state index in [0.717, 1.165) is 17.7 Å². The first-order valence-corrected chi connectivity index (χ1v) is 6.21. The molecular formula is C15H13F3N2O. The van der Waals surface area contributed by atoms with Gasteiger partial charge in [0.1, 0.15) is 0 Å². The maximum absolute atomic E-state index is 13.4. The summed E-state index contributed by atoms with van der Waals surface area (Å²) in [5, 5.41) is 5.01. The standard InChI is InChI=1S/C15H13F3N2O/c1-9-2-4-10(5-3-9)20-13(21)8-19-12-7-6-11(16)14(17)15(12)18/h2-7,19H,8H2,1H3,(H,20,21). The van der Waals surface area contributed by atoms with Gasteiger partial charge in [-0.1, -0.05) is 17.7 Å². The van der Waals surface area contributed by atoms with Gasteiger partial charge in [-0.3, -0.25) is 4.79 Å². The van der Waals surface area contributed by atoms with Gasteiger partial charge in [0.05, 0.1) is 12.2 Å². The summed E-state index contributed by atoms with van der Waals surface area (Å²) in [5.74, 6) is -4.62. The fraction of sp³-hybridized carbons (Fsp3) is 0.133. The number of nitrogens with one attached hydrogen (secondary N) is 2. The number of halogens is 3. The first-order chi connectivity index (χ1) is 9.97. The monoisotopic (exact) mass is 294 g/mol. The quantitative estimate of drug-likeness (QED) is 0.848. The molecule has 21 heavy (non-hydrogen) atoms. The molecule has 1 amide bonds. The zero-order valence-corrected chi connectivity index (χ0v) is 11.2. The number of amides is 1. The summed E-state index contributed by atoms with van der Waals surface area (Å²) in [4.78, 5) is 11.7. The van der Waals surface area contributed by atoms with Crippen LogP contribution in [0.4, 0.5) is 24.5 Å². The van der Waals surface area contributed by atoms with Crippen LogP contribution in [0.2, 0.25) is 0 Å². The predicted octanol–water partition coefficient (Wildman–Crippen LogP) is 3.46. The second kappa shape index (κ2) is 6.30. The number of hydrogen-bond donors (Lipinski definition) is 2. The summed E-state index contributed by atoms with van der Waals surface area (Å²) in [5.41, 5.74) is 1.38. The van der Waals surface area contributed by atoms with E-state index in [1.54, 1.807) is 12.1 Å². The Labute approximate surface area is 119 Å². The summed E-state index contributed by atoms with van der Waals surface area (Å²) in [6.45, 7) is 1.65. The van der Waals surface area contributed by atoms with E-state index in [1.807, 2.05) is 19.1 Å². The van der Waals surface area contributed by atoms with Crippen LogP contribution < -0.4 is 10.6 Å². The molecule has 0 aliphatic rings. The van der Waals surface area contributed by atoms with Crippen molar-refractivity contribution in [2.24, 2.45) is 0 Å². The van der Waals surface area contributed by atoms with Crippen molar-refractivity contribution in [2.75, 3.05) is 17.2 Å². The van der Waals surface area contributed by atoms with Gasteiger partial charge in [-0.25, -0.2) is 13.2 Å². The molecule has 0 spiro atoms. The van der Waals surface area contributed by atoms with Crippen molar-refractivity contribution in [3.8, 4) is 0 Å². The molecule has 2 rings (SSSR count). The third-order valence-electron chi connectivity index (χ3n) is 2.81. The summed E-state index contributed by atoms with van der Waals surface area (Å²) < 4.78 is 39.1. The van der Waals surface area contributed by atoms with Gasteiger partial charge in [0.2, 0.25) is 5.91 Å². The number of anilines is 2. The van der Waals surface area contributed by atoms with Gasteiger partial charge in [0.15, 0.2) is 17.5 Å². The summed E-state index contributed by atoms with van der Waals surface area (Å²) in [6.07, 6.45) is 0. The molecule has 0 atom stereocenters. The molecule has 0 aliphatic carbocycles. The first kappa shape index (κ1) is 14.9. The normalized spacial score (nSPS) is 10.3. The number of benzene rings is 2. The van der Waals surface area contributed by atoms with Gasteiger partial charge in [0, 0.05) is 5.69 Å². The van der Waals surface area contributed by atoms with Crippen molar-refractivity contribution in [1.82, 2.24) is 0 Å². The van der Waals surface area contributed by atoms with E-state index in [4.69, 9.17) is 0 Å². The maximum Gasteiger partial charge on any atom is 0.243 e. The molecule has 2 aromatic carbocycles. The topological polar surface area (TPSA) is 41.1 Å². The zero-order valence-electron chi connectivity index (χ0n) is 11.2. The van der Waals surface area contributed by atoms with Gasteiger partial charge in [-0.05, 0) is 31.2 Å². The van der Waals surface area contributed by atoms with Crippen LogP contribution in [0.15, 0.2) is 36.4 Å². The van der Waals surface area contributed by atoms with Crippen LogP contribution in [-0.4, -0.2) is 12.5 Å². The minimum Gasteiger partial charge on any atom is -0.374 e. The Morgan fingerprint density at radius 2 is 1.67 bits per heavy atom. The van der Waals surface area contributed by atoms with E-state index in [9.17, 15) is 18.0 Å². The molecule has 0 saturated carbocycles. The molecule has 0 fully saturated rings. The number of carbonyl (C=O) groups is 1. The average molecular weight is 294 g/mol. The molecule has 6 heteroatoms. The van der Waals surface area contributed by atoms with Gasteiger partial charge < -0.3 is 10.6 Å². The smallest absolute Gasteiger partial charge is 0.243 e. The van der Waals surface area contributed by atoms with E-state index >= 15 is 0 Å². The lowest BCUT2D eigenvalue weighted by Gasteiger charge is -2.09. The number of carbonyl (C=O) groups excluding carboxylic acids is 1. The van der Waals surface area contributed by atoms with Crippen molar-refractivity contribution in [3.05, 3.63) is 59.4 Å². The molecule has 0 unspecified atom stereocenters. The van der Waals surface area contributed by atoms with Gasteiger partial charge >= 0.3 is 0 Å². The van der Waals surface area contributed by atoms with Crippen LogP contribution in [0.5, 0.6) is 0 Å². The Balaban J connectivity index is 1.95. The van der Waals surface area contributed by atoms with Crippen LogP contribution in [0.1, 0.15) is 5.56 Å². The molecule has 0 saturated heterocycles. The molecule has 0 bridgehead atoms. The molecule has 0 aliphatic heterocycles. The van der Waals surface area contributed by atoms with E-state index in [0.29, 0.717) is 5.69 Å². The molecule has 0 heterocycles. The number of aryl methyl sites for hydroxylation is 1. The fourth-order valence-electron chi connectivity index (χ4n) is 1.68.